The number of anilines is 1. The Labute approximate surface area is 120 Å². The van der Waals surface area contributed by atoms with Gasteiger partial charge in [-0.1, -0.05) is 12.1 Å². The van der Waals surface area contributed by atoms with E-state index in [0.717, 1.165) is 21.5 Å². The largest absolute Gasteiger partial charge is 0.496 e. The van der Waals surface area contributed by atoms with Crippen LogP contribution in [0.25, 0.3) is 0 Å². The predicted molar refractivity (Wildman–Crippen MR) is 79.1 cm³/mol. The van der Waals surface area contributed by atoms with Crippen LogP contribution in [0, 0.1) is 5.82 Å². The summed E-state index contributed by atoms with van der Waals surface area (Å²) in [5, 5.41) is 3.26. The van der Waals surface area contributed by atoms with E-state index < -0.39 is 0 Å². The van der Waals surface area contributed by atoms with Crippen molar-refractivity contribution in [2.45, 2.75) is 13.0 Å². The molecule has 0 saturated heterocycles. The van der Waals surface area contributed by atoms with Gasteiger partial charge in [-0.3, -0.25) is 0 Å². The lowest BCUT2D eigenvalue weighted by molar-refractivity contribution is 0.412. The molecule has 0 bridgehead atoms. The average Bonchev–Trinajstić information content (AvgIpc) is 2.38. The van der Waals surface area contributed by atoms with Gasteiger partial charge in [-0.05, 0) is 58.7 Å². The highest BCUT2D eigenvalue weighted by molar-refractivity contribution is 9.10. The van der Waals surface area contributed by atoms with Gasteiger partial charge in [-0.2, -0.15) is 0 Å². The Kier molecular flexibility index (Phi) is 4.43. The lowest BCUT2D eigenvalue weighted by Crippen LogP contribution is -2.06. The molecule has 0 fully saturated rings. The SMILES string of the molecule is COc1ccc(C(C)Nc2cccc(F)c2)cc1Br. The van der Waals surface area contributed by atoms with Crippen molar-refractivity contribution in [2.24, 2.45) is 0 Å². The van der Waals surface area contributed by atoms with Crippen molar-refractivity contribution >= 4 is 21.6 Å². The molecule has 0 spiro atoms. The maximum Gasteiger partial charge on any atom is 0.133 e. The van der Waals surface area contributed by atoms with Crippen LogP contribution in [0.4, 0.5) is 10.1 Å². The van der Waals surface area contributed by atoms with E-state index in [1.165, 1.54) is 12.1 Å². The number of ether oxygens (including phenoxy) is 1. The van der Waals surface area contributed by atoms with Crippen LogP contribution in [-0.2, 0) is 0 Å². The van der Waals surface area contributed by atoms with E-state index in [1.54, 1.807) is 13.2 Å². The fourth-order valence-corrected chi connectivity index (χ4v) is 2.42. The third kappa shape index (κ3) is 3.47. The van der Waals surface area contributed by atoms with Crippen molar-refractivity contribution in [1.82, 2.24) is 0 Å². The maximum absolute atomic E-state index is 13.1. The lowest BCUT2D eigenvalue weighted by atomic mass is 10.1. The molecule has 0 aliphatic carbocycles. The fraction of sp³-hybridized carbons (Fsp3) is 0.200. The molecule has 4 heteroatoms. The summed E-state index contributed by atoms with van der Waals surface area (Å²) in [6.07, 6.45) is 0. The number of halogens is 2. The highest BCUT2D eigenvalue weighted by atomic mass is 79.9. The van der Waals surface area contributed by atoms with Crippen LogP contribution in [0.15, 0.2) is 46.9 Å². The summed E-state index contributed by atoms with van der Waals surface area (Å²) in [5.74, 6) is 0.551. The Morgan fingerprint density at radius 3 is 2.63 bits per heavy atom. The first-order valence-electron chi connectivity index (χ1n) is 5.95. The van der Waals surface area contributed by atoms with Gasteiger partial charge in [0.05, 0.1) is 11.6 Å². The van der Waals surface area contributed by atoms with Gasteiger partial charge in [0, 0.05) is 11.7 Å². The van der Waals surface area contributed by atoms with Crippen LogP contribution in [0.5, 0.6) is 5.75 Å². The van der Waals surface area contributed by atoms with Gasteiger partial charge >= 0.3 is 0 Å². The van der Waals surface area contributed by atoms with E-state index in [-0.39, 0.29) is 11.9 Å². The highest BCUT2D eigenvalue weighted by Crippen LogP contribution is 2.29. The number of methoxy groups -OCH3 is 1. The minimum Gasteiger partial charge on any atom is -0.496 e. The minimum atomic E-state index is -0.242. The van der Waals surface area contributed by atoms with Crippen LogP contribution in [0.1, 0.15) is 18.5 Å². The molecule has 0 aliphatic heterocycles. The van der Waals surface area contributed by atoms with Crippen molar-refractivity contribution in [2.75, 3.05) is 12.4 Å². The van der Waals surface area contributed by atoms with E-state index in [9.17, 15) is 4.39 Å². The molecule has 2 rings (SSSR count). The van der Waals surface area contributed by atoms with E-state index >= 15 is 0 Å². The zero-order valence-corrected chi connectivity index (χ0v) is 12.4. The molecule has 2 aromatic rings. The van der Waals surface area contributed by atoms with Crippen molar-refractivity contribution in [3.63, 3.8) is 0 Å². The number of rotatable bonds is 4. The van der Waals surface area contributed by atoms with Crippen molar-refractivity contribution < 1.29 is 9.13 Å². The molecular formula is C15H15BrFNO. The third-order valence-corrected chi connectivity index (χ3v) is 3.50. The Balaban J connectivity index is 2.15. The van der Waals surface area contributed by atoms with E-state index in [4.69, 9.17) is 4.74 Å². The molecular weight excluding hydrogens is 309 g/mol. The van der Waals surface area contributed by atoms with E-state index in [1.807, 2.05) is 31.2 Å². The van der Waals surface area contributed by atoms with Crippen LogP contribution < -0.4 is 10.1 Å². The van der Waals surface area contributed by atoms with Gasteiger partial charge < -0.3 is 10.1 Å². The molecule has 2 aromatic carbocycles. The van der Waals surface area contributed by atoms with Crippen LogP contribution >= 0.6 is 15.9 Å². The van der Waals surface area contributed by atoms with Crippen molar-refractivity contribution in [3.05, 3.63) is 58.3 Å². The zero-order valence-electron chi connectivity index (χ0n) is 10.8. The van der Waals surface area contributed by atoms with E-state index in [2.05, 4.69) is 21.2 Å². The van der Waals surface area contributed by atoms with Crippen molar-refractivity contribution in [1.29, 1.82) is 0 Å². The summed E-state index contributed by atoms with van der Waals surface area (Å²) in [6.45, 7) is 2.03. The van der Waals surface area contributed by atoms with Gasteiger partial charge in [0.15, 0.2) is 0 Å². The van der Waals surface area contributed by atoms with Crippen LogP contribution in [0.3, 0.4) is 0 Å². The summed E-state index contributed by atoms with van der Waals surface area (Å²) in [7, 11) is 1.63. The Morgan fingerprint density at radius 1 is 1.21 bits per heavy atom. The molecule has 100 valence electrons. The Hall–Kier alpha value is -1.55. The molecule has 0 radical (unpaired) electrons. The second kappa shape index (κ2) is 6.06. The van der Waals surface area contributed by atoms with Crippen molar-refractivity contribution in [3.8, 4) is 5.75 Å². The first-order chi connectivity index (χ1) is 9.10. The highest BCUT2D eigenvalue weighted by Gasteiger charge is 2.08. The second-order valence-electron chi connectivity index (χ2n) is 4.27. The molecule has 2 nitrogen and oxygen atoms in total. The predicted octanol–water partition coefficient (Wildman–Crippen LogP) is 4.77. The minimum absolute atomic E-state index is 0.0732. The third-order valence-electron chi connectivity index (χ3n) is 2.88. The fourth-order valence-electron chi connectivity index (χ4n) is 1.86. The summed E-state index contributed by atoms with van der Waals surface area (Å²) in [6, 6.07) is 12.4. The smallest absolute Gasteiger partial charge is 0.133 e. The monoisotopic (exact) mass is 323 g/mol. The molecule has 1 N–H and O–H groups in total. The number of nitrogens with one attached hydrogen (secondary N) is 1. The first kappa shape index (κ1) is 13.9. The number of hydrogen-bond acceptors (Lipinski definition) is 2. The molecule has 1 unspecified atom stereocenters. The first-order valence-corrected chi connectivity index (χ1v) is 6.75. The quantitative estimate of drug-likeness (QED) is 0.875. The van der Waals surface area contributed by atoms with Gasteiger partial charge in [0.1, 0.15) is 11.6 Å². The molecule has 0 aromatic heterocycles. The molecule has 19 heavy (non-hydrogen) atoms. The molecule has 0 heterocycles. The summed E-state index contributed by atoms with van der Waals surface area (Å²) < 4.78 is 19.2. The lowest BCUT2D eigenvalue weighted by Gasteiger charge is -2.17. The van der Waals surface area contributed by atoms with E-state index in [0.29, 0.717) is 0 Å². The van der Waals surface area contributed by atoms with Crippen LogP contribution in [-0.4, -0.2) is 7.11 Å². The average molecular weight is 324 g/mol. The van der Waals surface area contributed by atoms with Gasteiger partial charge in [0.25, 0.3) is 0 Å². The number of hydrogen-bond donors (Lipinski definition) is 1. The topological polar surface area (TPSA) is 21.3 Å². The second-order valence-corrected chi connectivity index (χ2v) is 5.12. The summed E-state index contributed by atoms with van der Waals surface area (Å²) in [4.78, 5) is 0. The number of benzene rings is 2. The molecule has 0 amide bonds. The molecule has 0 saturated carbocycles. The summed E-state index contributed by atoms with van der Waals surface area (Å²) >= 11 is 3.46. The Morgan fingerprint density at radius 2 is 2.00 bits per heavy atom. The maximum atomic E-state index is 13.1. The normalized spacial score (nSPS) is 12.0. The zero-order chi connectivity index (χ0) is 13.8. The van der Waals surface area contributed by atoms with Gasteiger partial charge in [0.2, 0.25) is 0 Å². The van der Waals surface area contributed by atoms with Gasteiger partial charge in [-0.25, -0.2) is 4.39 Å². The standard InChI is InChI=1S/C15H15BrFNO/c1-10(18-13-5-3-4-12(17)9-13)11-6-7-15(19-2)14(16)8-11/h3-10,18H,1-2H3. The van der Waals surface area contributed by atoms with Gasteiger partial charge in [-0.15, -0.1) is 0 Å². The molecule has 1 atom stereocenters. The molecule has 0 aliphatic rings. The summed E-state index contributed by atoms with van der Waals surface area (Å²) in [5.41, 5.74) is 1.86. The van der Waals surface area contributed by atoms with Crippen LogP contribution in [0.2, 0.25) is 0 Å². The Bertz CT molecular complexity index is 574.